The van der Waals surface area contributed by atoms with E-state index in [0.29, 0.717) is 17.5 Å². The smallest absolute Gasteiger partial charge is 0.130 e. The number of halogens is 2. The average Bonchev–Trinajstić information content (AvgIpc) is 2.45. The number of hydrogen-bond acceptors (Lipinski definition) is 2. The first-order valence-corrected chi connectivity index (χ1v) is 7.89. The standard InChI is InChI=1S/C17H26F2N2/c1-12(2)20-10-14-5-4-8-21(11-14)13(3)16-7-6-15(18)9-17(16)19/h6-7,9,12-14,20H,4-5,8,10-11H2,1-3H3. The lowest BCUT2D eigenvalue weighted by atomic mass is 9.95. The van der Waals surface area contributed by atoms with Gasteiger partial charge in [-0.1, -0.05) is 19.9 Å². The molecular weight excluding hydrogens is 270 g/mol. The van der Waals surface area contributed by atoms with Crippen molar-refractivity contribution in [3.05, 3.63) is 35.4 Å². The van der Waals surface area contributed by atoms with Gasteiger partial charge in [0.1, 0.15) is 11.6 Å². The second-order valence-electron chi connectivity index (χ2n) is 6.41. The van der Waals surface area contributed by atoms with E-state index in [1.165, 1.54) is 12.5 Å². The highest BCUT2D eigenvalue weighted by molar-refractivity contribution is 5.21. The third-order valence-corrected chi connectivity index (χ3v) is 4.33. The van der Waals surface area contributed by atoms with Crippen molar-refractivity contribution in [2.24, 2.45) is 5.92 Å². The van der Waals surface area contributed by atoms with Crippen LogP contribution in [-0.4, -0.2) is 30.6 Å². The van der Waals surface area contributed by atoms with Crippen LogP contribution in [0.3, 0.4) is 0 Å². The predicted octanol–water partition coefficient (Wildman–Crippen LogP) is 3.74. The van der Waals surface area contributed by atoms with Gasteiger partial charge in [0, 0.05) is 30.3 Å². The molecule has 4 heteroatoms. The SMILES string of the molecule is CC(C)NCC1CCCN(C(C)c2ccc(F)cc2F)C1. The van der Waals surface area contributed by atoms with Gasteiger partial charge >= 0.3 is 0 Å². The van der Waals surface area contributed by atoms with Gasteiger partial charge in [0.2, 0.25) is 0 Å². The van der Waals surface area contributed by atoms with E-state index in [0.717, 1.165) is 32.1 Å². The maximum Gasteiger partial charge on any atom is 0.130 e. The molecule has 1 heterocycles. The van der Waals surface area contributed by atoms with Crippen molar-refractivity contribution in [2.45, 2.75) is 45.7 Å². The highest BCUT2D eigenvalue weighted by Gasteiger charge is 2.25. The maximum atomic E-state index is 13.9. The van der Waals surface area contributed by atoms with Gasteiger partial charge in [-0.25, -0.2) is 8.78 Å². The van der Waals surface area contributed by atoms with Crippen molar-refractivity contribution in [2.75, 3.05) is 19.6 Å². The topological polar surface area (TPSA) is 15.3 Å². The summed E-state index contributed by atoms with van der Waals surface area (Å²) in [5, 5.41) is 3.48. The Balaban J connectivity index is 1.99. The molecule has 2 unspecified atom stereocenters. The first-order chi connectivity index (χ1) is 9.97. The third-order valence-electron chi connectivity index (χ3n) is 4.33. The van der Waals surface area contributed by atoms with E-state index in [2.05, 4.69) is 24.1 Å². The second-order valence-corrected chi connectivity index (χ2v) is 6.41. The number of nitrogens with zero attached hydrogens (tertiary/aromatic N) is 1. The molecule has 0 bridgehead atoms. The number of rotatable bonds is 5. The third kappa shape index (κ3) is 4.48. The second kappa shape index (κ2) is 7.32. The summed E-state index contributed by atoms with van der Waals surface area (Å²) in [7, 11) is 0. The first kappa shape index (κ1) is 16.4. The summed E-state index contributed by atoms with van der Waals surface area (Å²) in [4.78, 5) is 2.31. The van der Waals surface area contributed by atoms with Gasteiger partial charge in [-0.05, 0) is 44.8 Å². The molecule has 1 aromatic carbocycles. The van der Waals surface area contributed by atoms with E-state index >= 15 is 0 Å². The van der Waals surface area contributed by atoms with Gasteiger partial charge in [0.15, 0.2) is 0 Å². The quantitative estimate of drug-likeness (QED) is 0.890. The van der Waals surface area contributed by atoms with Crippen LogP contribution in [0.5, 0.6) is 0 Å². The van der Waals surface area contributed by atoms with Crippen LogP contribution in [0, 0.1) is 17.6 Å². The molecule has 21 heavy (non-hydrogen) atoms. The molecule has 1 saturated heterocycles. The lowest BCUT2D eigenvalue weighted by Crippen LogP contribution is -2.42. The molecule has 0 aliphatic carbocycles. The van der Waals surface area contributed by atoms with Gasteiger partial charge in [-0.15, -0.1) is 0 Å². The van der Waals surface area contributed by atoms with Crippen LogP contribution in [0.1, 0.15) is 45.2 Å². The molecule has 2 atom stereocenters. The normalized spacial score (nSPS) is 21.7. The van der Waals surface area contributed by atoms with Crippen LogP contribution >= 0.6 is 0 Å². The Morgan fingerprint density at radius 3 is 2.71 bits per heavy atom. The molecule has 0 amide bonds. The zero-order valence-electron chi connectivity index (χ0n) is 13.2. The van der Waals surface area contributed by atoms with E-state index in [4.69, 9.17) is 0 Å². The summed E-state index contributed by atoms with van der Waals surface area (Å²) < 4.78 is 27.0. The summed E-state index contributed by atoms with van der Waals surface area (Å²) in [6, 6.07) is 4.38. The lowest BCUT2D eigenvalue weighted by Gasteiger charge is -2.37. The summed E-state index contributed by atoms with van der Waals surface area (Å²) in [6.07, 6.45) is 2.35. The van der Waals surface area contributed by atoms with Crippen molar-refractivity contribution in [1.82, 2.24) is 10.2 Å². The summed E-state index contributed by atoms with van der Waals surface area (Å²) in [6.45, 7) is 9.27. The highest BCUT2D eigenvalue weighted by atomic mass is 19.1. The average molecular weight is 296 g/mol. The lowest BCUT2D eigenvalue weighted by molar-refractivity contribution is 0.127. The van der Waals surface area contributed by atoms with Crippen LogP contribution in [0.4, 0.5) is 8.78 Å². The predicted molar refractivity (Wildman–Crippen MR) is 82.2 cm³/mol. The minimum atomic E-state index is -0.513. The Morgan fingerprint density at radius 1 is 1.29 bits per heavy atom. The molecule has 2 nitrogen and oxygen atoms in total. The van der Waals surface area contributed by atoms with Crippen molar-refractivity contribution in [1.29, 1.82) is 0 Å². The molecular formula is C17H26F2N2. The van der Waals surface area contributed by atoms with Gasteiger partial charge in [0.25, 0.3) is 0 Å². The fraction of sp³-hybridized carbons (Fsp3) is 0.647. The Bertz CT molecular complexity index is 462. The number of benzene rings is 1. The van der Waals surface area contributed by atoms with Crippen LogP contribution in [0.15, 0.2) is 18.2 Å². The zero-order valence-corrected chi connectivity index (χ0v) is 13.2. The molecule has 1 aromatic rings. The van der Waals surface area contributed by atoms with Crippen molar-refractivity contribution in [3.8, 4) is 0 Å². The molecule has 0 aromatic heterocycles. The minimum Gasteiger partial charge on any atom is -0.314 e. The Kier molecular flexibility index (Phi) is 5.71. The summed E-state index contributed by atoms with van der Waals surface area (Å²) in [5.74, 6) is -0.349. The molecule has 118 valence electrons. The molecule has 2 rings (SSSR count). The Morgan fingerprint density at radius 2 is 2.05 bits per heavy atom. The summed E-state index contributed by atoms with van der Waals surface area (Å²) in [5.41, 5.74) is 0.592. The molecule has 1 aliphatic rings. The molecule has 0 saturated carbocycles. The van der Waals surface area contributed by atoms with E-state index in [1.807, 2.05) is 6.92 Å². The van der Waals surface area contributed by atoms with Gasteiger partial charge < -0.3 is 5.32 Å². The van der Waals surface area contributed by atoms with Gasteiger partial charge in [-0.2, -0.15) is 0 Å². The number of nitrogens with one attached hydrogen (secondary N) is 1. The highest BCUT2D eigenvalue weighted by Crippen LogP contribution is 2.28. The molecule has 0 radical (unpaired) electrons. The molecule has 1 N–H and O–H groups in total. The van der Waals surface area contributed by atoms with E-state index in [1.54, 1.807) is 6.07 Å². The van der Waals surface area contributed by atoms with Crippen molar-refractivity contribution < 1.29 is 8.78 Å². The monoisotopic (exact) mass is 296 g/mol. The van der Waals surface area contributed by atoms with Crippen molar-refractivity contribution >= 4 is 0 Å². The maximum absolute atomic E-state index is 13.9. The molecule has 1 fully saturated rings. The van der Waals surface area contributed by atoms with E-state index in [9.17, 15) is 8.78 Å². The minimum absolute atomic E-state index is 0.00699. The Labute approximate surface area is 126 Å². The van der Waals surface area contributed by atoms with E-state index in [-0.39, 0.29) is 6.04 Å². The number of likely N-dealkylation sites (tertiary alicyclic amines) is 1. The van der Waals surface area contributed by atoms with Crippen LogP contribution in [0.25, 0.3) is 0 Å². The molecule has 0 spiro atoms. The van der Waals surface area contributed by atoms with E-state index < -0.39 is 11.6 Å². The number of hydrogen-bond donors (Lipinski definition) is 1. The largest absolute Gasteiger partial charge is 0.314 e. The fourth-order valence-corrected chi connectivity index (χ4v) is 3.06. The summed E-state index contributed by atoms with van der Waals surface area (Å²) >= 11 is 0. The molecule has 1 aliphatic heterocycles. The zero-order chi connectivity index (χ0) is 15.4. The Hall–Kier alpha value is -1.00. The first-order valence-electron chi connectivity index (χ1n) is 7.89. The van der Waals surface area contributed by atoms with Crippen LogP contribution in [-0.2, 0) is 0 Å². The van der Waals surface area contributed by atoms with Crippen LogP contribution in [0.2, 0.25) is 0 Å². The fourth-order valence-electron chi connectivity index (χ4n) is 3.06. The van der Waals surface area contributed by atoms with Gasteiger partial charge in [0.05, 0.1) is 0 Å². The van der Waals surface area contributed by atoms with Crippen molar-refractivity contribution in [3.63, 3.8) is 0 Å². The number of piperidine rings is 1. The van der Waals surface area contributed by atoms with Gasteiger partial charge in [-0.3, -0.25) is 4.90 Å². The van der Waals surface area contributed by atoms with Crippen LogP contribution < -0.4 is 5.32 Å².